The van der Waals surface area contributed by atoms with Gasteiger partial charge < -0.3 is 15.5 Å². The number of aliphatic carboxylic acids is 2. The zero-order valence-corrected chi connectivity index (χ0v) is 16.0. The molecular formula is C18H21N3O6S. The van der Waals surface area contributed by atoms with Gasteiger partial charge in [0.15, 0.2) is 0 Å². The first kappa shape index (κ1) is 21.4. The Morgan fingerprint density at radius 2 is 1.93 bits per heavy atom. The van der Waals surface area contributed by atoms with E-state index in [0.29, 0.717) is 16.7 Å². The molecule has 1 aromatic heterocycles. The van der Waals surface area contributed by atoms with Crippen LogP contribution in [0.4, 0.5) is 0 Å². The molecule has 1 heterocycles. The summed E-state index contributed by atoms with van der Waals surface area (Å²) in [6.07, 6.45) is 2.77. The number of carboxylic acids is 2. The molecule has 2 atom stereocenters. The molecule has 28 heavy (non-hydrogen) atoms. The summed E-state index contributed by atoms with van der Waals surface area (Å²) in [6.45, 7) is 0. The van der Waals surface area contributed by atoms with Gasteiger partial charge in [0.2, 0.25) is 5.91 Å². The molecule has 0 aliphatic heterocycles. The van der Waals surface area contributed by atoms with Crippen LogP contribution in [-0.4, -0.2) is 55.7 Å². The van der Waals surface area contributed by atoms with E-state index in [1.165, 1.54) is 22.7 Å². The van der Waals surface area contributed by atoms with Crippen LogP contribution in [0.1, 0.15) is 25.3 Å². The summed E-state index contributed by atoms with van der Waals surface area (Å²) in [5.74, 6) is -2.59. The Morgan fingerprint density at radius 3 is 2.57 bits per heavy atom. The minimum atomic E-state index is -1.36. The number of hydrogen-bond donors (Lipinski definition) is 3. The number of amides is 1. The van der Waals surface area contributed by atoms with Crippen LogP contribution < -0.4 is 10.9 Å². The molecule has 150 valence electrons. The van der Waals surface area contributed by atoms with E-state index in [-0.39, 0.29) is 12.8 Å². The Morgan fingerprint density at radius 1 is 1.21 bits per heavy atom. The number of thioether (sulfide) groups is 1. The molecule has 2 aromatic rings. The Kier molecular flexibility index (Phi) is 7.56. The Balaban J connectivity index is 2.33. The van der Waals surface area contributed by atoms with Crippen molar-refractivity contribution in [3.8, 4) is 0 Å². The van der Waals surface area contributed by atoms with Gasteiger partial charge in [-0.1, -0.05) is 12.1 Å². The third-order valence-corrected chi connectivity index (χ3v) is 4.83. The lowest BCUT2D eigenvalue weighted by Crippen LogP contribution is -2.46. The molecule has 0 aliphatic rings. The number of hydrogen-bond acceptors (Lipinski definition) is 6. The quantitative estimate of drug-likeness (QED) is 0.533. The number of para-hydroxylation sites is 1. The molecule has 2 rings (SSSR count). The van der Waals surface area contributed by atoms with Crippen molar-refractivity contribution < 1.29 is 24.6 Å². The summed E-state index contributed by atoms with van der Waals surface area (Å²) in [7, 11) is 0. The number of rotatable bonds is 10. The monoisotopic (exact) mass is 407 g/mol. The summed E-state index contributed by atoms with van der Waals surface area (Å²) >= 11 is 1.48. The first-order valence-electron chi connectivity index (χ1n) is 8.55. The molecule has 0 spiro atoms. The molecule has 0 saturated heterocycles. The second kappa shape index (κ2) is 9.88. The van der Waals surface area contributed by atoms with E-state index in [4.69, 9.17) is 5.11 Å². The van der Waals surface area contributed by atoms with Gasteiger partial charge in [-0.15, -0.1) is 0 Å². The molecule has 0 radical (unpaired) electrons. The molecule has 1 aromatic carbocycles. The molecule has 3 N–H and O–H groups in total. The van der Waals surface area contributed by atoms with Crippen LogP contribution in [0.2, 0.25) is 0 Å². The van der Waals surface area contributed by atoms with E-state index in [1.807, 2.05) is 6.26 Å². The number of benzene rings is 1. The van der Waals surface area contributed by atoms with Crippen LogP contribution in [0.3, 0.4) is 0 Å². The molecule has 0 fully saturated rings. The lowest BCUT2D eigenvalue weighted by Gasteiger charge is -2.22. The van der Waals surface area contributed by atoms with Crippen molar-refractivity contribution in [1.29, 1.82) is 0 Å². The van der Waals surface area contributed by atoms with Gasteiger partial charge in [-0.3, -0.25) is 19.0 Å². The van der Waals surface area contributed by atoms with Gasteiger partial charge in [0.25, 0.3) is 5.56 Å². The van der Waals surface area contributed by atoms with Crippen molar-refractivity contribution in [2.24, 2.45) is 0 Å². The van der Waals surface area contributed by atoms with Crippen molar-refractivity contribution in [1.82, 2.24) is 14.9 Å². The molecule has 1 amide bonds. The normalized spacial score (nSPS) is 13.0. The highest BCUT2D eigenvalue weighted by Gasteiger charge is 2.27. The van der Waals surface area contributed by atoms with Crippen LogP contribution in [-0.2, 0) is 14.4 Å². The van der Waals surface area contributed by atoms with Crippen LogP contribution in [0.5, 0.6) is 0 Å². The average molecular weight is 407 g/mol. The summed E-state index contributed by atoms with van der Waals surface area (Å²) in [6, 6.07) is 4.42. The standard InChI is InChI=1S/C18H21N3O6S/c1-28-9-8-14(16(24)20-13(18(26)27)6-7-15(22)23)21-10-19-12-5-3-2-4-11(12)17(21)25/h2-5,10,13-14H,6-9H2,1H3,(H,20,24)(H,22,23)(H,26,27)/t13-,14-/m0/s1. The summed E-state index contributed by atoms with van der Waals surface area (Å²) < 4.78 is 1.20. The largest absolute Gasteiger partial charge is 0.481 e. The van der Waals surface area contributed by atoms with E-state index in [9.17, 15) is 24.3 Å². The molecule has 9 nitrogen and oxygen atoms in total. The Bertz CT molecular complexity index is 929. The third-order valence-electron chi connectivity index (χ3n) is 4.19. The van der Waals surface area contributed by atoms with Crippen LogP contribution in [0.15, 0.2) is 35.4 Å². The number of nitrogens with one attached hydrogen (secondary N) is 1. The number of fused-ring (bicyclic) bond motifs is 1. The third kappa shape index (κ3) is 5.32. The second-order valence-electron chi connectivity index (χ2n) is 6.10. The molecular weight excluding hydrogens is 386 g/mol. The lowest BCUT2D eigenvalue weighted by molar-refractivity contribution is -0.143. The van der Waals surface area contributed by atoms with Crippen molar-refractivity contribution in [3.63, 3.8) is 0 Å². The van der Waals surface area contributed by atoms with Crippen LogP contribution in [0, 0.1) is 0 Å². The van der Waals surface area contributed by atoms with Gasteiger partial charge in [0, 0.05) is 6.42 Å². The van der Waals surface area contributed by atoms with Crippen molar-refractivity contribution in [2.75, 3.05) is 12.0 Å². The highest BCUT2D eigenvalue weighted by atomic mass is 32.2. The number of aromatic nitrogens is 2. The number of carbonyl (C=O) groups excluding carboxylic acids is 1. The molecule has 0 aliphatic carbocycles. The SMILES string of the molecule is CSCC[C@@H](C(=O)N[C@@H](CCC(=O)O)C(=O)O)n1cnc2ccccc2c1=O. The first-order chi connectivity index (χ1) is 13.3. The van der Waals surface area contributed by atoms with Crippen molar-refractivity contribution >= 4 is 40.5 Å². The minimum Gasteiger partial charge on any atom is -0.481 e. The van der Waals surface area contributed by atoms with E-state index in [0.717, 1.165) is 0 Å². The van der Waals surface area contributed by atoms with Gasteiger partial charge in [-0.25, -0.2) is 9.78 Å². The zero-order chi connectivity index (χ0) is 20.7. The lowest BCUT2D eigenvalue weighted by atomic mass is 10.1. The molecule has 10 heteroatoms. The predicted molar refractivity (Wildman–Crippen MR) is 104 cm³/mol. The maximum atomic E-state index is 12.8. The van der Waals surface area contributed by atoms with E-state index >= 15 is 0 Å². The fraction of sp³-hybridized carbons (Fsp3) is 0.389. The fourth-order valence-electron chi connectivity index (χ4n) is 2.72. The summed E-state index contributed by atoms with van der Waals surface area (Å²) in [4.78, 5) is 51.9. The first-order valence-corrected chi connectivity index (χ1v) is 9.94. The number of carboxylic acid groups (broad SMARTS) is 2. The highest BCUT2D eigenvalue weighted by Crippen LogP contribution is 2.15. The van der Waals surface area contributed by atoms with E-state index in [2.05, 4.69) is 10.3 Å². The van der Waals surface area contributed by atoms with Crippen LogP contribution in [0.25, 0.3) is 10.9 Å². The molecule has 0 saturated carbocycles. The minimum absolute atomic E-state index is 0.253. The van der Waals surface area contributed by atoms with E-state index in [1.54, 1.807) is 24.3 Å². The van der Waals surface area contributed by atoms with Gasteiger partial charge in [-0.2, -0.15) is 11.8 Å². The Hall–Kier alpha value is -2.88. The van der Waals surface area contributed by atoms with Gasteiger partial charge >= 0.3 is 11.9 Å². The average Bonchev–Trinajstić information content (AvgIpc) is 2.66. The van der Waals surface area contributed by atoms with Crippen LogP contribution >= 0.6 is 11.8 Å². The highest BCUT2D eigenvalue weighted by molar-refractivity contribution is 7.98. The van der Waals surface area contributed by atoms with Gasteiger partial charge in [0.05, 0.1) is 17.2 Å². The molecule has 0 bridgehead atoms. The molecule has 0 unspecified atom stereocenters. The number of nitrogens with zero attached hydrogens (tertiary/aromatic N) is 2. The topological polar surface area (TPSA) is 139 Å². The zero-order valence-electron chi connectivity index (χ0n) is 15.2. The van der Waals surface area contributed by atoms with Gasteiger partial charge in [0.1, 0.15) is 12.1 Å². The smallest absolute Gasteiger partial charge is 0.326 e. The fourth-order valence-corrected chi connectivity index (χ4v) is 3.18. The number of carbonyl (C=O) groups is 3. The summed E-state index contributed by atoms with van der Waals surface area (Å²) in [5, 5.41) is 20.7. The Labute approximate surface area is 164 Å². The predicted octanol–water partition coefficient (Wildman–Crippen LogP) is 1.12. The van der Waals surface area contributed by atoms with Crippen molar-refractivity contribution in [2.45, 2.75) is 31.3 Å². The summed E-state index contributed by atoms with van der Waals surface area (Å²) in [5.41, 5.74) is 0.0990. The maximum absolute atomic E-state index is 12.8. The maximum Gasteiger partial charge on any atom is 0.326 e. The van der Waals surface area contributed by atoms with E-state index < -0.39 is 41.9 Å². The van der Waals surface area contributed by atoms with Crippen molar-refractivity contribution in [3.05, 3.63) is 40.9 Å². The van der Waals surface area contributed by atoms with Gasteiger partial charge in [-0.05, 0) is 37.0 Å². The second-order valence-corrected chi connectivity index (χ2v) is 7.09.